The maximum absolute atomic E-state index is 11.4. The summed E-state index contributed by atoms with van der Waals surface area (Å²) in [6, 6.07) is 6.17. The minimum absolute atomic E-state index is 0.148. The first-order valence-electron chi connectivity index (χ1n) is 7.11. The fourth-order valence-electron chi connectivity index (χ4n) is 2.69. The van der Waals surface area contributed by atoms with E-state index in [9.17, 15) is 4.79 Å². The average Bonchev–Trinajstić information content (AvgIpc) is 3.10. The van der Waals surface area contributed by atoms with E-state index in [1.807, 2.05) is 10.9 Å². The van der Waals surface area contributed by atoms with Gasteiger partial charge in [0.1, 0.15) is 17.8 Å². The van der Waals surface area contributed by atoms with Crippen molar-refractivity contribution < 1.29 is 4.79 Å². The normalized spacial score (nSPS) is 16.2. The van der Waals surface area contributed by atoms with Crippen LogP contribution in [0.15, 0.2) is 30.6 Å². The number of thiophene rings is 1. The van der Waals surface area contributed by atoms with Crippen molar-refractivity contribution in [2.45, 2.75) is 25.8 Å². The van der Waals surface area contributed by atoms with E-state index < -0.39 is 0 Å². The predicted octanol–water partition coefficient (Wildman–Crippen LogP) is 3.62. The largest absolute Gasteiger partial charge is 0.301 e. The minimum atomic E-state index is -0.148. The molecule has 21 heavy (non-hydrogen) atoms. The van der Waals surface area contributed by atoms with Gasteiger partial charge in [-0.2, -0.15) is 5.10 Å². The molecule has 0 N–H and O–H groups in total. The Bertz CT molecular complexity index is 816. The first-order valence-corrected chi connectivity index (χ1v) is 7.93. The van der Waals surface area contributed by atoms with Crippen LogP contribution in [-0.2, 0) is 4.79 Å². The van der Waals surface area contributed by atoms with Gasteiger partial charge in [0.05, 0.1) is 11.7 Å². The Labute approximate surface area is 126 Å². The molecule has 0 amide bonds. The van der Waals surface area contributed by atoms with Gasteiger partial charge >= 0.3 is 0 Å². The second-order valence-electron chi connectivity index (χ2n) is 5.59. The third kappa shape index (κ3) is 2.17. The van der Waals surface area contributed by atoms with Crippen LogP contribution >= 0.6 is 11.3 Å². The highest BCUT2D eigenvalue weighted by molar-refractivity contribution is 7.15. The second-order valence-corrected chi connectivity index (χ2v) is 6.88. The van der Waals surface area contributed by atoms with Gasteiger partial charge < -0.3 is 4.79 Å². The van der Waals surface area contributed by atoms with Crippen LogP contribution in [0.25, 0.3) is 21.5 Å². The van der Waals surface area contributed by atoms with Crippen LogP contribution in [0.1, 0.15) is 23.8 Å². The van der Waals surface area contributed by atoms with Crippen molar-refractivity contribution in [1.29, 1.82) is 0 Å². The summed E-state index contributed by atoms with van der Waals surface area (Å²) in [7, 11) is 0. The maximum Gasteiger partial charge on any atom is 0.144 e. The molecule has 1 atom stereocenters. The molecule has 0 unspecified atom stereocenters. The monoisotopic (exact) mass is 297 g/mol. The van der Waals surface area contributed by atoms with Gasteiger partial charge in [-0.05, 0) is 43.9 Å². The molecule has 0 aromatic carbocycles. The summed E-state index contributed by atoms with van der Waals surface area (Å²) in [5.74, 6) is 0.443. The summed E-state index contributed by atoms with van der Waals surface area (Å²) < 4.78 is 1.84. The zero-order chi connectivity index (χ0) is 14.4. The predicted molar refractivity (Wildman–Crippen MR) is 83.4 cm³/mol. The first kappa shape index (κ1) is 12.7. The van der Waals surface area contributed by atoms with Gasteiger partial charge in [-0.1, -0.05) is 0 Å². The number of aromatic nitrogens is 3. The number of hydrogen-bond donors (Lipinski definition) is 0. The molecule has 3 aromatic rings. The van der Waals surface area contributed by atoms with E-state index in [0.29, 0.717) is 5.92 Å². The molecule has 1 aliphatic carbocycles. The van der Waals surface area contributed by atoms with Crippen LogP contribution < -0.4 is 0 Å². The highest BCUT2D eigenvalue weighted by atomic mass is 32.1. The number of carbonyl (C=O) groups excluding carboxylic acids is 1. The van der Waals surface area contributed by atoms with Crippen molar-refractivity contribution in [3.63, 3.8) is 0 Å². The molecule has 1 aliphatic rings. The van der Waals surface area contributed by atoms with E-state index in [4.69, 9.17) is 0 Å². The molecule has 4 rings (SSSR count). The third-order valence-corrected chi connectivity index (χ3v) is 5.05. The maximum atomic E-state index is 11.4. The van der Waals surface area contributed by atoms with Crippen molar-refractivity contribution in [3.05, 3.63) is 35.5 Å². The SMILES string of the molecule is Cc1ccc(-c2cnc3cnn([C@H](C=O)C4CC4)c3c2)s1. The molecule has 0 aliphatic heterocycles. The number of aryl methyl sites for hydroxylation is 1. The summed E-state index contributed by atoms with van der Waals surface area (Å²) in [5, 5.41) is 4.39. The van der Waals surface area contributed by atoms with Gasteiger partial charge in [0.25, 0.3) is 0 Å². The Hall–Kier alpha value is -2.01. The number of fused-ring (bicyclic) bond motifs is 1. The number of pyridine rings is 1. The van der Waals surface area contributed by atoms with E-state index in [2.05, 4.69) is 35.2 Å². The van der Waals surface area contributed by atoms with Gasteiger partial charge in [0.2, 0.25) is 0 Å². The van der Waals surface area contributed by atoms with Crippen LogP contribution in [0.3, 0.4) is 0 Å². The molecule has 0 radical (unpaired) electrons. The molecule has 1 fully saturated rings. The van der Waals surface area contributed by atoms with Gasteiger partial charge in [0, 0.05) is 21.5 Å². The van der Waals surface area contributed by atoms with Crippen molar-refractivity contribution >= 4 is 28.7 Å². The zero-order valence-electron chi connectivity index (χ0n) is 11.7. The van der Waals surface area contributed by atoms with E-state index in [0.717, 1.165) is 35.7 Å². The Kier molecular flexibility index (Phi) is 2.89. The van der Waals surface area contributed by atoms with Crippen molar-refractivity contribution in [3.8, 4) is 10.4 Å². The fourth-order valence-corrected chi connectivity index (χ4v) is 3.54. The van der Waals surface area contributed by atoms with Crippen LogP contribution in [0.5, 0.6) is 0 Å². The van der Waals surface area contributed by atoms with Crippen LogP contribution in [0.4, 0.5) is 0 Å². The van der Waals surface area contributed by atoms with Crippen LogP contribution in [-0.4, -0.2) is 21.1 Å². The highest BCUT2D eigenvalue weighted by Crippen LogP contribution is 2.39. The minimum Gasteiger partial charge on any atom is -0.301 e. The zero-order valence-corrected chi connectivity index (χ0v) is 12.5. The summed E-state index contributed by atoms with van der Waals surface area (Å²) in [4.78, 5) is 18.4. The molecular formula is C16H15N3OS. The third-order valence-electron chi connectivity index (χ3n) is 4.00. The van der Waals surface area contributed by atoms with Gasteiger partial charge in [0.15, 0.2) is 0 Å². The molecular weight excluding hydrogens is 282 g/mol. The Morgan fingerprint density at radius 3 is 2.90 bits per heavy atom. The molecule has 4 nitrogen and oxygen atoms in total. The molecule has 0 saturated heterocycles. The number of carbonyl (C=O) groups is 1. The number of nitrogens with zero attached hydrogens (tertiary/aromatic N) is 3. The van der Waals surface area contributed by atoms with Crippen LogP contribution in [0.2, 0.25) is 0 Å². The Morgan fingerprint density at radius 2 is 2.24 bits per heavy atom. The lowest BCUT2D eigenvalue weighted by Gasteiger charge is -2.11. The Morgan fingerprint density at radius 1 is 1.38 bits per heavy atom. The molecule has 3 heterocycles. The van der Waals surface area contributed by atoms with Gasteiger partial charge in [-0.15, -0.1) is 11.3 Å². The lowest BCUT2D eigenvalue weighted by atomic mass is 10.2. The standard InChI is InChI=1S/C16H15N3OS/c1-10-2-5-16(21-10)12-6-14-13(17-7-12)8-18-19(14)15(9-20)11-3-4-11/h2,5-9,11,15H,3-4H2,1H3/t15-/m1/s1. The Balaban J connectivity index is 1.83. The lowest BCUT2D eigenvalue weighted by molar-refractivity contribution is -0.111. The molecule has 1 saturated carbocycles. The average molecular weight is 297 g/mol. The molecule has 5 heteroatoms. The number of aldehydes is 1. The van der Waals surface area contributed by atoms with Crippen LogP contribution in [0, 0.1) is 12.8 Å². The number of rotatable bonds is 4. The van der Waals surface area contributed by atoms with E-state index in [1.54, 1.807) is 17.5 Å². The van der Waals surface area contributed by atoms with Crippen molar-refractivity contribution in [2.75, 3.05) is 0 Å². The van der Waals surface area contributed by atoms with E-state index in [-0.39, 0.29) is 6.04 Å². The summed E-state index contributed by atoms with van der Waals surface area (Å²) >= 11 is 1.75. The molecule has 0 spiro atoms. The quantitative estimate of drug-likeness (QED) is 0.691. The summed E-state index contributed by atoms with van der Waals surface area (Å²) in [6.45, 7) is 2.10. The summed E-state index contributed by atoms with van der Waals surface area (Å²) in [6.07, 6.45) is 6.88. The lowest BCUT2D eigenvalue weighted by Crippen LogP contribution is -2.13. The van der Waals surface area contributed by atoms with Gasteiger partial charge in [-0.3, -0.25) is 9.67 Å². The van der Waals surface area contributed by atoms with E-state index in [1.165, 1.54) is 9.75 Å². The number of hydrogen-bond acceptors (Lipinski definition) is 4. The second kappa shape index (κ2) is 4.77. The highest BCUT2D eigenvalue weighted by Gasteiger charge is 2.33. The van der Waals surface area contributed by atoms with Crippen molar-refractivity contribution in [1.82, 2.24) is 14.8 Å². The van der Waals surface area contributed by atoms with Crippen molar-refractivity contribution in [2.24, 2.45) is 5.92 Å². The smallest absolute Gasteiger partial charge is 0.144 e. The molecule has 106 valence electrons. The fraction of sp³-hybridized carbons (Fsp3) is 0.312. The van der Waals surface area contributed by atoms with Gasteiger partial charge in [-0.25, -0.2) is 0 Å². The summed E-state index contributed by atoms with van der Waals surface area (Å²) in [5.41, 5.74) is 2.88. The molecule has 0 bridgehead atoms. The molecule has 3 aromatic heterocycles. The first-order chi connectivity index (χ1) is 10.3. The van der Waals surface area contributed by atoms with E-state index >= 15 is 0 Å². The topological polar surface area (TPSA) is 47.8 Å².